The number of thiophene rings is 1. The minimum atomic E-state index is -0.176. The SMILES string of the molecule is Cc1ccc(NC(=O)CCn2cnc3sc(C)c(C)c3c2=O)cc1Cl. The highest BCUT2D eigenvalue weighted by atomic mass is 35.5. The van der Waals surface area contributed by atoms with E-state index in [-0.39, 0.29) is 24.4 Å². The Hall–Kier alpha value is -2.18. The second-order valence-corrected chi connectivity index (χ2v) is 7.58. The van der Waals surface area contributed by atoms with Crippen molar-refractivity contribution in [3.63, 3.8) is 0 Å². The Morgan fingerprint density at radius 3 is 2.80 bits per heavy atom. The van der Waals surface area contributed by atoms with Crippen molar-refractivity contribution in [3.8, 4) is 0 Å². The second kappa shape index (κ2) is 6.98. The third-order valence-corrected chi connectivity index (χ3v) is 5.71. The molecular formula is C18H18ClN3O2S. The van der Waals surface area contributed by atoms with Gasteiger partial charge < -0.3 is 5.32 Å². The highest BCUT2D eigenvalue weighted by Crippen LogP contribution is 2.25. The van der Waals surface area contributed by atoms with Gasteiger partial charge in [0.2, 0.25) is 5.91 Å². The molecule has 0 saturated carbocycles. The molecule has 0 aliphatic rings. The fraction of sp³-hybridized carbons (Fsp3) is 0.278. The van der Waals surface area contributed by atoms with Crippen LogP contribution in [-0.2, 0) is 11.3 Å². The monoisotopic (exact) mass is 375 g/mol. The molecule has 1 amide bonds. The van der Waals surface area contributed by atoms with Crippen LogP contribution in [-0.4, -0.2) is 15.5 Å². The van der Waals surface area contributed by atoms with Crippen LogP contribution in [0.2, 0.25) is 5.02 Å². The number of carbonyl (C=O) groups excluding carboxylic acids is 1. The summed E-state index contributed by atoms with van der Waals surface area (Å²) < 4.78 is 1.49. The van der Waals surface area contributed by atoms with E-state index in [1.807, 2.05) is 26.8 Å². The topological polar surface area (TPSA) is 64.0 Å². The maximum atomic E-state index is 12.6. The van der Waals surface area contributed by atoms with E-state index in [0.29, 0.717) is 16.1 Å². The molecule has 0 aliphatic heterocycles. The molecule has 0 saturated heterocycles. The van der Waals surface area contributed by atoms with Gasteiger partial charge in [-0.1, -0.05) is 17.7 Å². The van der Waals surface area contributed by atoms with Gasteiger partial charge in [0.15, 0.2) is 0 Å². The smallest absolute Gasteiger partial charge is 0.262 e. The molecule has 0 radical (unpaired) electrons. The van der Waals surface area contributed by atoms with Crippen molar-refractivity contribution in [2.45, 2.75) is 33.7 Å². The molecule has 1 N–H and O–H groups in total. The lowest BCUT2D eigenvalue weighted by Gasteiger charge is -2.08. The molecule has 5 nitrogen and oxygen atoms in total. The van der Waals surface area contributed by atoms with Gasteiger partial charge in [-0.05, 0) is 44.0 Å². The van der Waals surface area contributed by atoms with E-state index in [2.05, 4.69) is 10.3 Å². The third-order valence-electron chi connectivity index (χ3n) is 4.19. The number of benzene rings is 1. The summed E-state index contributed by atoms with van der Waals surface area (Å²) in [6, 6.07) is 5.37. The molecule has 0 aliphatic carbocycles. The maximum absolute atomic E-state index is 12.6. The molecular weight excluding hydrogens is 358 g/mol. The van der Waals surface area contributed by atoms with E-state index in [4.69, 9.17) is 11.6 Å². The van der Waals surface area contributed by atoms with Gasteiger partial charge in [-0.15, -0.1) is 11.3 Å². The van der Waals surface area contributed by atoms with E-state index in [1.165, 1.54) is 22.2 Å². The first-order chi connectivity index (χ1) is 11.9. The summed E-state index contributed by atoms with van der Waals surface area (Å²) in [7, 11) is 0. The van der Waals surface area contributed by atoms with Crippen molar-refractivity contribution in [2.75, 3.05) is 5.32 Å². The second-order valence-electron chi connectivity index (χ2n) is 5.97. The van der Waals surface area contributed by atoms with Gasteiger partial charge in [0.1, 0.15) is 4.83 Å². The number of aromatic nitrogens is 2. The quantitative estimate of drug-likeness (QED) is 0.747. The van der Waals surface area contributed by atoms with Crippen LogP contribution in [0.15, 0.2) is 29.3 Å². The lowest BCUT2D eigenvalue weighted by Crippen LogP contribution is -2.23. The Labute approximate surface area is 154 Å². The zero-order valence-electron chi connectivity index (χ0n) is 14.2. The van der Waals surface area contributed by atoms with E-state index < -0.39 is 0 Å². The number of halogens is 1. The normalized spacial score (nSPS) is 11.0. The van der Waals surface area contributed by atoms with Crippen molar-refractivity contribution in [3.05, 3.63) is 55.9 Å². The van der Waals surface area contributed by atoms with Gasteiger partial charge in [0, 0.05) is 28.6 Å². The van der Waals surface area contributed by atoms with Gasteiger partial charge in [-0.3, -0.25) is 14.2 Å². The number of rotatable bonds is 4. The van der Waals surface area contributed by atoms with Crippen LogP contribution in [0.3, 0.4) is 0 Å². The first kappa shape index (κ1) is 17.6. The van der Waals surface area contributed by atoms with Crippen LogP contribution < -0.4 is 10.9 Å². The summed E-state index contributed by atoms with van der Waals surface area (Å²) in [5.74, 6) is -0.176. The van der Waals surface area contributed by atoms with Crippen LogP contribution in [0, 0.1) is 20.8 Å². The largest absolute Gasteiger partial charge is 0.326 e. The van der Waals surface area contributed by atoms with Crippen molar-refractivity contribution in [1.29, 1.82) is 0 Å². The Bertz CT molecular complexity index is 1020. The lowest BCUT2D eigenvalue weighted by atomic mass is 10.2. The van der Waals surface area contributed by atoms with Crippen molar-refractivity contribution >= 4 is 44.7 Å². The molecule has 0 atom stereocenters. The third kappa shape index (κ3) is 3.60. The Morgan fingerprint density at radius 2 is 2.08 bits per heavy atom. The van der Waals surface area contributed by atoms with Crippen molar-refractivity contribution in [1.82, 2.24) is 9.55 Å². The highest BCUT2D eigenvalue weighted by molar-refractivity contribution is 7.18. The average Bonchev–Trinajstić information content (AvgIpc) is 2.86. The average molecular weight is 376 g/mol. The van der Waals surface area contributed by atoms with Crippen LogP contribution in [0.1, 0.15) is 22.4 Å². The van der Waals surface area contributed by atoms with Gasteiger partial charge in [0.25, 0.3) is 5.56 Å². The van der Waals surface area contributed by atoms with Crippen LogP contribution in [0.4, 0.5) is 5.69 Å². The van der Waals surface area contributed by atoms with Crippen molar-refractivity contribution in [2.24, 2.45) is 0 Å². The first-order valence-corrected chi connectivity index (χ1v) is 9.07. The lowest BCUT2D eigenvalue weighted by molar-refractivity contribution is -0.116. The van der Waals surface area contributed by atoms with Gasteiger partial charge in [0.05, 0.1) is 11.7 Å². The standard InChI is InChI=1S/C18H18ClN3O2S/c1-10-4-5-13(8-14(10)19)21-15(23)6-7-22-9-20-17-16(18(22)24)11(2)12(3)25-17/h4-5,8-9H,6-7H2,1-3H3,(H,21,23). The van der Waals surface area contributed by atoms with E-state index >= 15 is 0 Å². The number of hydrogen-bond acceptors (Lipinski definition) is 4. The molecule has 25 heavy (non-hydrogen) atoms. The fourth-order valence-electron chi connectivity index (χ4n) is 2.55. The fourth-order valence-corrected chi connectivity index (χ4v) is 3.71. The van der Waals surface area contributed by atoms with E-state index in [0.717, 1.165) is 20.8 Å². The molecule has 0 fully saturated rings. The number of hydrogen-bond donors (Lipinski definition) is 1. The van der Waals surface area contributed by atoms with E-state index in [9.17, 15) is 9.59 Å². The predicted octanol–water partition coefficient (Wildman–Crippen LogP) is 4.07. The van der Waals surface area contributed by atoms with Crippen LogP contribution in [0.5, 0.6) is 0 Å². The number of nitrogens with zero attached hydrogens (tertiary/aromatic N) is 2. The number of aryl methyl sites for hydroxylation is 4. The molecule has 2 heterocycles. The molecule has 2 aromatic heterocycles. The summed E-state index contributed by atoms with van der Waals surface area (Å²) >= 11 is 7.57. The van der Waals surface area contributed by atoms with Crippen LogP contribution in [0.25, 0.3) is 10.2 Å². The Kier molecular flexibility index (Phi) is 4.92. The van der Waals surface area contributed by atoms with Crippen molar-refractivity contribution < 1.29 is 4.79 Å². The molecule has 3 aromatic rings. The minimum Gasteiger partial charge on any atom is -0.326 e. The molecule has 0 bridgehead atoms. The van der Waals surface area contributed by atoms with Gasteiger partial charge in [-0.2, -0.15) is 0 Å². The van der Waals surface area contributed by atoms with E-state index in [1.54, 1.807) is 12.1 Å². The maximum Gasteiger partial charge on any atom is 0.262 e. The first-order valence-electron chi connectivity index (χ1n) is 7.88. The molecule has 0 unspecified atom stereocenters. The summed E-state index contributed by atoms with van der Waals surface area (Å²) in [6.45, 7) is 6.08. The molecule has 7 heteroatoms. The highest BCUT2D eigenvalue weighted by Gasteiger charge is 2.13. The van der Waals surface area contributed by atoms with Crippen LogP contribution >= 0.6 is 22.9 Å². The molecule has 3 rings (SSSR count). The Balaban J connectivity index is 1.73. The van der Waals surface area contributed by atoms with Gasteiger partial charge >= 0.3 is 0 Å². The zero-order valence-corrected chi connectivity index (χ0v) is 15.8. The minimum absolute atomic E-state index is 0.0990. The van der Waals surface area contributed by atoms with Gasteiger partial charge in [-0.25, -0.2) is 4.98 Å². The number of nitrogens with one attached hydrogen (secondary N) is 1. The predicted molar refractivity (Wildman–Crippen MR) is 103 cm³/mol. The summed E-state index contributed by atoms with van der Waals surface area (Å²) in [4.78, 5) is 30.9. The number of anilines is 1. The number of carbonyl (C=O) groups is 1. The molecule has 0 spiro atoms. The summed E-state index contributed by atoms with van der Waals surface area (Å²) in [6.07, 6.45) is 1.69. The summed E-state index contributed by atoms with van der Waals surface area (Å²) in [5.41, 5.74) is 2.46. The molecule has 1 aromatic carbocycles. The molecule has 130 valence electrons. The summed E-state index contributed by atoms with van der Waals surface area (Å²) in [5, 5.41) is 4.05. The number of fused-ring (bicyclic) bond motifs is 1. The number of amides is 1. The Morgan fingerprint density at radius 1 is 1.32 bits per heavy atom. The zero-order chi connectivity index (χ0) is 18.1.